The highest BCUT2D eigenvalue weighted by atomic mass is 14.9. The molecule has 0 rings (SSSR count). The van der Waals surface area contributed by atoms with Crippen molar-refractivity contribution in [1.29, 1.82) is 0 Å². The summed E-state index contributed by atoms with van der Waals surface area (Å²) in [5, 5.41) is 2.78. The largest absolute Gasteiger partial charge is 0.368 e. The highest BCUT2D eigenvalue weighted by Crippen LogP contribution is 1.45. The van der Waals surface area contributed by atoms with Gasteiger partial charge in [0.1, 0.15) is 0 Å². The molecule has 0 amide bonds. The number of hydrogen-bond acceptors (Lipinski definition) is 1. The molecule has 0 aliphatic heterocycles. The Balaban J connectivity index is 2.66. The zero-order valence-electron chi connectivity index (χ0n) is 4.15. The van der Waals surface area contributed by atoms with Crippen molar-refractivity contribution < 1.29 is 0 Å². The minimum absolute atomic E-state index is 0.900. The van der Waals surface area contributed by atoms with E-state index in [9.17, 15) is 0 Å². The molecule has 2 heteroatoms. The summed E-state index contributed by atoms with van der Waals surface area (Å²) in [6.07, 6.45) is 2.57. The van der Waals surface area contributed by atoms with Crippen molar-refractivity contribution in [2.45, 2.75) is 6.92 Å². The highest BCUT2D eigenvalue weighted by molar-refractivity contribution is 5.53. The summed E-state index contributed by atoms with van der Waals surface area (Å²) >= 11 is 0. The van der Waals surface area contributed by atoms with Crippen molar-refractivity contribution in [2.24, 2.45) is 4.99 Å². The number of nitrogens with zero attached hydrogens (tertiary/aromatic N) is 1. The third-order valence-electron chi connectivity index (χ3n) is 0.368. The Bertz CT molecular complexity index is 40.8. The molecular formula is C4H9N2. The molecule has 1 N–H and O–H groups in total. The summed E-state index contributed by atoms with van der Waals surface area (Å²) in [5.41, 5.74) is 0. The van der Waals surface area contributed by atoms with Gasteiger partial charge in [0, 0.05) is 13.6 Å². The lowest BCUT2D eigenvalue weighted by Crippen LogP contribution is -2.08. The van der Waals surface area contributed by atoms with Crippen LogP contribution in [-0.2, 0) is 0 Å². The monoisotopic (exact) mass is 85.1 g/mol. The van der Waals surface area contributed by atoms with Crippen molar-refractivity contribution in [3.05, 3.63) is 0 Å². The van der Waals surface area contributed by atoms with Crippen LogP contribution in [0.15, 0.2) is 4.99 Å². The Morgan fingerprint density at radius 3 is 2.67 bits per heavy atom. The third kappa shape index (κ3) is 3.47. The molecule has 1 radical (unpaired) electrons. The van der Waals surface area contributed by atoms with Crippen molar-refractivity contribution in [1.82, 2.24) is 5.32 Å². The first-order valence-corrected chi connectivity index (χ1v) is 1.98. The van der Waals surface area contributed by atoms with Crippen LogP contribution in [-0.4, -0.2) is 19.9 Å². The number of rotatable bonds is 2. The van der Waals surface area contributed by atoms with Gasteiger partial charge >= 0.3 is 0 Å². The van der Waals surface area contributed by atoms with Gasteiger partial charge in [-0.1, -0.05) is 0 Å². The van der Waals surface area contributed by atoms with E-state index in [1.807, 2.05) is 6.92 Å². The average molecular weight is 85.1 g/mol. The molecule has 0 saturated heterocycles. The standard InChI is InChI=1S/C4H9N2/c1-3-6-4-5-2/h3H2,1-2H3,(H,5,6). The zero-order chi connectivity index (χ0) is 4.83. The van der Waals surface area contributed by atoms with Crippen molar-refractivity contribution >= 4 is 6.34 Å². The molecule has 0 bridgehead atoms. The minimum Gasteiger partial charge on any atom is -0.368 e. The summed E-state index contributed by atoms with van der Waals surface area (Å²) in [4.78, 5) is 3.56. The van der Waals surface area contributed by atoms with E-state index in [1.54, 1.807) is 7.05 Å². The van der Waals surface area contributed by atoms with Gasteiger partial charge in [0.15, 0.2) is 6.34 Å². The van der Waals surface area contributed by atoms with Crippen molar-refractivity contribution in [3.63, 3.8) is 0 Å². The van der Waals surface area contributed by atoms with Crippen LogP contribution in [0.5, 0.6) is 0 Å². The Morgan fingerprint density at radius 1 is 1.83 bits per heavy atom. The Morgan fingerprint density at radius 2 is 2.50 bits per heavy atom. The molecule has 0 atom stereocenters. The molecule has 0 fully saturated rings. The van der Waals surface area contributed by atoms with Gasteiger partial charge in [0.25, 0.3) is 0 Å². The quantitative estimate of drug-likeness (QED) is 0.288. The fraction of sp³-hybridized carbons (Fsp3) is 0.750. The first-order valence-electron chi connectivity index (χ1n) is 1.98. The molecule has 0 saturated carbocycles. The second-order valence-electron chi connectivity index (χ2n) is 0.866. The van der Waals surface area contributed by atoms with Gasteiger partial charge in [0.2, 0.25) is 0 Å². The SMILES string of the molecule is CCN/[C]=N/C. The van der Waals surface area contributed by atoms with Crippen molar-refractivity contribution in [3.8, 4) is 0 Å². The van der Waals surface area contributed by atoms with Crippen LogP contribution in [0.4, 0.5) is 0 Å². The molecule has 0 aromatic carbocycles. The molecule has 0 aliphatic rings. The summed E-state index contributed by atoms with van der Waals surface area (Å²) in [5.74, 6) is 0. The van der Waals surface area contributed by atoms with Crippen LogP contribution >= 0.6 is 0 Å². The first-order chi connectivity index (χ1) is 2.91. The van der Waals surface area contributed by atoms with Gasteiger partial charge in [-0.05, 0) is 6.92 Å². The summed E-state index contributed by atoms with van der Waals surface area (Å²) in [7, 11) is 1.68. The van der Waals surface area contributed by atoms with E-state index in [0.29, 0.717) is 0 Å². The van der Waals surface area contributed by atoms with Crippen molar-refractivity contribution in [2.75, 3.05) is 13.6 Å². The predicted molar refractivity (Wildman–Crippen MR) is 27.0 cm³/mol. The lowest BCUT2D eigenvalue weighted by atomic mass is 10.8. The van der Waals surface area contributed by atoms with E-state index in [0.717, 1.165) is 6.54 Å². The Kier molecular flexibility index (Phi) is 4.08. The first kappa shape index (κ1) is 5.47. The van der Waals surface area contributed by atoms with Crippen LogP contribution in [0, 0.1) is 0 Å². The van der Waals surface area contributed by atoms with E-state index in [-0.39, 0.29) is 0 Å². The molecule has 0 aliphatic carbocycles. The maximum absolute atomic E-state index is 3.56. The molecule has 2 nitrogen and oxygen atoms in total. The predicted octanol–water partition coefficient (Wildman–Crippen LogP) is 0.131. The molecule has 0 spiro atoms. The molecule has 0 aromatic heterocycles. The van der Waals surface area contributed by atoms with Crippen LogP contribution in [0.3, 0.4) is 0 Å². The van der Waals surface area contributed by atoms with Crippen LogP contribution in [0.25, 0.3) is 0 Å². The highest BCUT2D eigenvalue weighted by Gasteiger charge is 1.61. The minimum atomic E-state index is 0.900. The lowest BCUT2D eigenvalue weighted by Gasteiger charge is -1.82. The molecule has 6 heavy (non-hydrogen) atoms. The van der Waals surface area contributed by atoms with Gasteiger partial charge in [-0.25, -0.2) is 0 Å². The van der Waals surface area contributed by atoms with Crippen LogP contribution in [0.2, 0.25) is 0 Å². The van der Waals surface area contributed by atoms with Gasteiger partial charge < -0.3 is 5.32 Å². The van der Waals surface area contributed by atoms with Gasteiger partial charge in [-0.3, -0.25) is 4.99 Å². The number of aliphatic imine (C=N–C) groups is 1. The molecule has 0 heterocycles. The van der Waals surface area contributed by atoms with Crippen LogP contribution < -0.4 is 5.32 Å². The fourth-order valence-corrected chi connectivity index (χ4v) is 0.158. The lowest BCUT2D eigenvalue weighted by molar-refractivity contribution is 0.984. The maximum atomic E-state index is 3.56. The number of nitrogens with one attached hydrogen (secondary N) is 1. The fourth-order valence-electron chi connectivity index (χ4n) is 0.158. The Hall–Kier alpha value is -0.530. The van der Waals surface area contributed by atoms with Gasteiger partial charge in [-0.15, -0.1) is 0 Å². The van der Waals surface area contributed by atoms with E-state index < -0.39 is 0 Å². The molecule has 0 aromatic rings. The van der Waals surface area contributed by atoms with E-state index in [4.69, 9.17) is 0 Å². The van der Waals surface area contributed by atoms with Crippen LogP contribution in [0.1, 0.15) is 6.92 Å². The average Bonchev–Trinajstić information content (AvgIpc) is 1.61. The van der Waals surface area contributed by atoms with E-state index in [2.05, 4.69) is 16.6 Å². The maximum Gasteiger partial charge on any atom is 0.163 e. The Labute approximate surface area is 38.3 Å². The second-order valence-corrected chi connectivity index (χ2v) is 0.866. The van der Waals surface area contributed by atoms with E-state index in [1.165, 1.54) is 0 Å². The second kappa shape index (κ2) is 4.47. The van der Waals surface area contributed by atoms with Gasteiger partial charge in [-0.2, -0.15) is 0 Å². The topological polar surface area (TPSA) is 24.4 Å². The zero-order valence-corrected chi connectivity index (χ0v) is 4.15. The third-order valence-corrected chi connectivity index (χ3v) is 0.368. The summed E-state index contributed by atoms with van der Waals surface area (Å²) in [6, 6.07) is 0. The summed E-state index contributed by atoms with van der Waals surface area (Å²) in [6.45, 7) is 2.90. The van der Waals surface area contributed by atoms with E-state index >= 15 is 0 Å². The molecule has 0 unspecified atom stereocenters. The summed E-state index contributed by atoms with van der Waals surface area (Å²) < 4.78 is 0. The normalized spacial score (nSPS) is 9.67. The number of hydrogen-bond donors (Lipinski definition) is 1. The smallest absolute Gasteiger partial charge is 0.163 e. The molecule has 35 valence electrons. The van der Waals surface area contributed by atoms with Gasteiger partial charge in [0.05, 0.1) is 0 Å². The molecular weight excluding hydrogens is 76.1 g/mol.